The van der Waals surface area contributed by atoms with Crippen molar-refractivity contribution in [2.75, 3.05) is 0 Å². The molecule has 0 aromatic carbocycles. The topological polar surface area (TPSA) is 0 Å². The molecule has 0 spiro atoms. The van der Waals surface area contributed by atoms with Gasteiger partial charge in [0.05, 0.1) is 0 Å². The molecule has 0 aliphatic heterocycles. The molecule has 6 heteroatoms. The van der Waals surface area contributed by atoms with E-state index in [0.717, 1.165) is 0 Å². The molecule has 0 saturated heterocycles. The second-order valence-corrected chi connectivity index (χ2v) is 8.07. The van der Waals surface area contributed by atoms with E-state index in [0.29, 0.717) is 0 Å². The number of halogens is 3. The van der Waals surface area contributed by atoms with E-state index < -0.39 is 13.0 Å². The first kappa shape index (κ1) is 15.9. The Balaban J connectivity index is -0.0000000450. The average Bonchev–Trinajstić information content (AvgIpc) is 0.811. The Hall–Kier alpha value is 2.77. The molecular weight excluding hydrogens is 503 g/mol. The predicted molar refractivity (Wildman–Crippen MR) is 17.6 cm³/mol. The predicted octanol–water partition coefficient (Wildman–Crippen LogP) is 2.06. The maximum Gasteiger partial charge on any atom is 0 e. The van der Waals surface area contributed by atoms with Gasteiger partial charge in [0, 0.05) is 39.6 Å². The molecule has 0 fully saturated rings. The molecule has 0 heterocycles. The van der Waals surface area contributed by atoms with E-state index in [-0.39, 0.29) is 39.6 Å². The second-order valence-electron chi connectivity index (χ2n) is 0.152. The molecule has 0 aromatic heterocycles. The summed E-state index contributed by atoms with van der Waals surface area (Å²) >= 11 is -1.75. The third-order valence-corrected chi connectivity index (χ3v) is 0. The van der Waals surface area contributed by atoms with Crippen LogP contribution in [0.2, 0.25) is 0 Å². The van der Waals surface area contributed by atoms with Crippen LogP contribution in [-0.2, 0) is 52.6 Å². The Morgan fingerprint density at radius 2 is 1.00 bits per heavy atom. The Bertz CT molecular complexity index is 15.5. The molecule has 0 unspecified atom stereocenters. The van der Waals surface area contributed by atoms with Crippen LogP contribution in [-0.4, -0.2) is 0 Å². The van der Waals surface area contributed by atoms with Crippen LogP contribution in [0, 0.1) is 0 Å². The van der Waals surface area contributed by atoms with Gasteiger partial charge in [0.15, 0.2) is 0 Å². The molecule has 0 aliphatic rings. The zero-order chi connectivity index (χ0) is 3.58. The first-order chi connectivity index (χ1) is 1.73. The van der Waals surface area contributed by atoms with E-state index in [2.05, 4.69) is 0 Å². The standard InChI is InChI=1S/3ClH.Ir.Rh.Ru/h3*1H;;;/q;;;;;+3/p-3. The van der Waals surface area contributed by atoms with Crippen molar-refractivity contribution < 1.29 is 52.6 Å². The summed E-state index contributed by atoms with van der Waals surface area (Å²) < 4.78 is 0. The van der Waals surface area contributed by atoms with Crippen LogP contribution in [0.5, 0.6) is 0 Å². The number of hydrogen-bond acceptors (Lipinski definition) is 0. The van der Waals surface area contributed by atoms with Gasteiger partial charge in [0.25, 0.3) is 0 Å². The van der Waals surface area contributed by atoms with Crippen molar-refractivity contribution in [3.8, 4) is 0 Å². The minimum absolute atomic E-state index is 0. The van der Waals surface area contributed by atoms with E-state index in [9.17, 15) is 0 Å². The zero-order valence-electron chi connectivity index (χ0n) is 2.15. The van der Waals surface area contributed by atoms with Gasteiger partial charge in [-0.3, -0.25) is 0 Å². The monoisotopic (exact) mass is 503 g/mol. The van der Waals surface area contributed by atoms with Gasteiger partial charge in [-0.25, -0.2) is 0 Å². The van der Waals surface area contributed by atoms with Crippen LogP contribution in [0.4, 0.5) is 0 Å². The molecule has 0 aromatic rings. The molecule has 0 saturated carbocycles. The first-order valence-electron chi connectivity index (χ1n) is 0.401. The molecule has 0 rings (SSSR count). The Morgan fingerprint density at radius 3 is 1.00 bits per heavy atom. The van der Waals surface area contributed by atoms with Gasteiger partial charge in [-0.1, -0.05) is 0 Å². The fourth-order valence-corrected chi connectivity index (χ4v) is 0. The van der Waals surface area contributed by atoms with E-state index >= 15 is 0 Å². The summed E-state index contributed by atoms with van der Waals surface area (Å²) in [6.07, 6.45) is 0. The fourth-order valence-electron chi connectivity index (χ4n) is 0. The molecule has 6 heavy (non-hydrogen) atoms. The molecular formula is Cl3IrRhRu. The van der Waals surface area contributed by atoms with Gasteiger partial charge in [0.2, 0.25) is 0 Å². The SMILES string of the molecule is [Cl][Ru]([Cl])[Cl].[Ir].[Rh]. The molecule has 0 amide bonds. The molecule has 2 radical (unpaired) electrons. The largest absolute Gasteiger partial charge is 0 e. The van der Waals surface area contributed by atoms with Crippen LogP contribution in [0.1, 0.15) is 0 Å². The molecule has 0 N–H and O–H groups in total. The number of hydrogen-bond donors (Lipinski definition) is 0. The Kier molecular flexibility index (Phi) is 28.3. The van der Waals surface area contributed by atoms with Gasteiger partial charge in [-0.2, -0.15) is 0 Å². The molecule has 0 atom stereocenters. The maximum absolute atomic E-state index is 4.95. The normalized spacial score (nSPS) is 7.50. The van der Waals surface area contributed by atoms with Crippen LogP contribution >= 0.6 is 29.1 Å². The Morgan fingerprint density at radius 1 is 1.00 bits per heavy atom. The van der Waals surface area contributed by atoms with Gasteiger partial charge >= 0.3 is 42.1 Å². The van der Waals surface area contributed by atoms with Gasteiger partial charge < -0.3 is 0 Å². The van der Waals surface area contributed by atoms with E-state index in [1.54, 1.807) is 0 Å². The summed E-state index contributed by atoms with van der Waals surface area (Å²) in [5.74, 6) is 0. The summed E-state index contributed by atoms with van der Waals surface area (Å²) in [5.41, 5.74) is 0. The summed E-state index contributed by atoms with van der Waals surface area (Å²) in [6.45, 7) is 0. The molecule has 47 valence electrons. The van der Waals surface area contributed by atoms with E-state index in [1.807, 2.05) is 0 Å². The van der Waals surface area contributed by atoms with Crippen molar-refractivity contribution in [2.24, 2.45) is 0 Å². The summed E-state index contributed by atoms with van der Waals surface area (Å²) in [5, 5.41) is 0. The van der Waals surface area contributed by atoms with Crippen molar-refractivity contribution in [1.82, 2.24) is 0 Å². The summed E-state index contributed by atoms with van der Waals surface area (Å²) in [4.78, 5) is 0. The first-order valence-corrected chi connectivity index (χ1v) is 7.12. The number of rotatable bonds is 0. The summed E-state index contributed by atoms with van der Waals surface area (Å²) in [6, 6.07) is 0. The third-order valence-electron chi connectivity index (χ3n) is 0. The van der Waals surface area contributed by atoms with Crippen LogP contribution in [0.3, 0.4) is 0 Å². The summed E-state index contributed by atoms with van der Waals surface area (Å²) in [7, 11) is 14.8. The van der Waals surface area contributed by atoms with E-state index in [4.69, 9.17) is 29.1 Å². The van der Waals surface area contributed by atoms with Crippen LogP contribution < -0.4 is 0 Å². The molecule has 0 nitrogen and oxygen atoms in total. The Labute approximate surface area is 80.4 Å². The minimum atomic E-state index is -1.75. The van der Waals surface area contributed by atoms with Crippen molar-refractivity contribution >= 4 is 29.1 Å². The second kappa shape index (κ2) is 10.7. The van der Waals surface area contributed by atoms with Crippen LogP contribution in [0.15, 0.2) is 0 Å². The third kappa shape index (κ3) is 29.4. The fraction of sp³-hybridized carbons (Fsp3) is 0. The van der Waals surface area contributed by atoms with Gasteiger partial charge in [-0.15, -0.1) is 0 Å². The van der Waals surface area contributed by atoms with Crippen LogP contribution in [0.25, 0.3) is 0 Å². The molecule has 0 aliphatic carbocycles. The van der Waals surface area contributed by atoms with E-state index in [1.165, 1.54) is 0 Å². The van der Waals surface area contributed by atoms with Crippen molar-refractivity contribution in [3.63, 3.8) is 0 Å². The quantitative estimate of drug-likeness (QED) is 0.445. The van der Waals surface area contributed by atoms with Crippen molar-refractivity contribution in [2.45, 2.75) is 0 Å². The molecule has 0 bridgehead atoms. The minimum Gasteiger partial charge on any atom is 0 e. The van der Waals surface area contributed by atoms with Gasteiger partial charge in [0.1, 0.15) is 0 Å². The zero-order valence-corrected chi connectivity index (χ0v) is 10.2. The van der Waals surface area contributed by atoms with Crippen molar-refractivity contribution in [3.05, 3.63) is 0 Å². The van der Waals surface area contributed by atoms with Gasteiger partial charge in [-0.05, 0) is 0 Å². The van der Waals surface area contributed by atoms with Crippen molar-refractivity contribution in [1.29, 1.82) is 0 Å². The average molecular weight is 503 g/mol. The smallest absolute Gasteiger partial charge is 0 e. The maximum atomic E-state index is 4.95.